The lowest BCUT2D eigenvalue weighted by Crippen LogP contribution is -2.40. The second-order valence-corrected chi connectivity index (χ2v) is 3.38. The average molecular weight is 181 g/mol. The minimum Gasteiger partial charge on any atom is -0.377 e. The maximum atomic E-state index is 5.09. The van der Waals surface area contributed by atoms with Gasteiger partial charge in [0.1, 0.15) is 5.82 Å². The zero-order valence-electron chi connectivity index (χ0n) is 8.08. The monoisotopic (exact) mass is 181 g/mol. The van der Waals surface area contributed by atoms with Crippen LogP contribution in [0.4, 0.5) is 5.82 Å². The molecule has 1 aromatic heterocycles. The summed E-state index contributed by atoms with van der Waals surface area (Å²) >= 11 is 0. The second-order valence-electron chi connectivity index (χ2n) is 3.38. The van der Waals surface area contributed by atoms with Gasteiger partial charge in [0.25, 0.3) is 0 Å². The molecule has 1 aromatic rings. The third-order valence-corrected chi connectivity index (χ3v) is 2.28. The fraction of sp³-hybridized carbons (Fsp3) is 0.667. The van der Waals surface area contributed by atoms with Crippen LogP contribution in [0.5, 0.6) is 0 Å². The van der Waals surface area contributed by atoms with E-state index in [2.05, 4.69) is 23.4 Å². The molecule has 1 saturated heterocycles. The predicted octanol–water partition coefficient (Wildman–Crippen LogP) is 0.793. The van der Waals surface area contributed by atoms with Gasteiger partial charge in [0, 0.05) is 13.1 Å². The van der Waals surface area contributed by atoms with Crippen LogP contribution in [0, 0.1) is 0 Å². The molecule has 1 aliphatic rings. The van der Waals surface area contributed by atoms with Gasteiger partial charge in [0.15, 0.2) is 0 Å². The van der Waals surface area contributed by atoms with E-state index >= 15 is 0 Å². The van der Waals surface area contributed by atoms with Crippen LogP contribution < -0.4 is 5.32 Å². The van der Waals surface area contributed by atoms with E-state index in [9.17, 15) is 0 Å². The molecular formula is C9H15N3O. The van der Waals surface area contributed by atoms with Gasteiger partial charge in [0.2, 0.25) is 0 Å². The van der Waals surface area contributed by atoms with Crippen molar-refractivity contribution in [2.45, 2.75) is 19.4 Å². The molecule has 13 heavy (non-hydrogen) atoms. The summed E-state index contributed by atoms with van der Waals surface area (Å²) in [7, 11) is 1.96. The third-order valence-electron chi connectivity index (χ3n) is 2.28. The second kappa shape index (κ2) is 3.38. The van der Waals surface area contributed by atoms with Crippen molar-refractivity contribution < 1.29 is 4.74 Å². The Bertz CT molecular complexity index is 291. The van der Waals surface area contributed by atoms with Gasteiger partial charge in [-0.1, -0.05) is 6.92 Å². The molecule has 0 amide bonds. The van der Waals surface area contributed by atoms with Gasteiger partial charge in [-0.05, 0) is 6.42 Å². The number of hydrogen-bond donors (Lipinski definition) is 1. The Morgan fingerprint density at radius 1 is 1.69 bits per heavy atom. The zero-order chi connectivity index (χ0) is 9.26. The molecular weight excluding hydrogens is 166 g/mol. The number of aromatic nitrogens is 2. The van der Waals surface area contributed by atoms with E-state index in [0.717, 1.165) is 31.1 Å². The van der Waals surface area contributed by atoms with Crippen molar-refractivity contribution in [2.75, 3.05) is 18.5 Å². The summed E-state index contributed by atoms with van der Waals surface area (Å²) in [5.74, 6) is 1.09. The van der Waals surface area contributed by atoms with Crippen molar-refractivity contribution >= 4 is 5.82 Å². The lowest BCUT2D eigenvalue weighted by atomic mass is 10.2. The van der Waals surface area contributed by atoms with E-state index < -0.39 is 0 Å². The first-order chi connectivity index (χ1) is 6.29. The van der Waals surface area contributed by atoms with E-state index in [1.807, 2.05) is 11.7 Å². The number of rotatable bonds is 3. The zero-order valence-corrected chi connectivity index (χ0v) is 8.08. The van der Waals surface area contributed by atoms with Crippen LogP contribution in [0.1, 0.15) is 12.6 Å². The van der Waals surface area contributed by atoms with E-state index in [-0.39, 0.29) is 0 Å². The molecule has 0 spiro atoms. The number of nitrogens with zero attached hydrogens (tertiary/aromatic N) is 2. The molecule has 1 aliphatic heterocycles. The molecule has 0 radical (unpaired) electrons. The molecule has 0 unspecified atom stereocenters. The fourth-order valence-corrected chi connectivity index (χ4v) is 1.36. The fourth-order valence-electron chi connectivity index (χ4n) is 1.36. The normalized spacial score (nSPS) is 17.1. The van der Waals surface area contributed by atoms with Crippen molar-refractivity contribution in [3.8, 4) is 0 Å². The SMILES string of the molecule is CCc1cc(NC2COC2)n(C)n1. The van der Waals surface area contributed by atoms with Crippen molar-refractivity contribution in [3.63, 3.8) is 0 Å². The molecule has 0 saturated carbocycles. The van der Waals surface area contributed by atoms with Crippen molar-refractivity contribution in [3.05, 3.63) is 11.8 Å². The minimum atomic E-state index is 0.472. The van der Waals surface area contributed by atoms with Gasteiger partial charge in [-0.15, -0.1) is 0 Å². The maximum absolute atomic E-state index is 5.09. The molecule has 1 N–H and O–H groups in total. The maximum Gasteiger partial charge on any atom is 0.124 e. The van der Waals surface area contributed by atoms with E-state index in [0.29, 0.717) is 6.04 Å². The van der Waals surface area contributed by atoms with Crippen molar-refractivity contribution in [1.82, 2.24) is 9.78 Å². The van der Waals surface area contributed by atoms with E-state index in [1.54, 1.807) is 0 Å². The number of ether oxygens (including phenoxy) is 1. The van der Waals surface area contributed by atoms with Gasteiger partial charge < -0.3 is 10.1 Å². The van der Waals surface area contributed by atoms with Crippen molar-refractivity contribution in [1.29, 1.82) is 0 Å². The molecule has 0 bridgehead atoms. The summed E-state index contributed by atoms with van der Waals surface area (Å²) in [4.78, 5) is 0. The smallest absolute Gasteiger partial charge is 0.124 e. The van der Waals surface area contributed by atoms with E-state index in [1.165, 1.54) is 0 Å². The van der Waals surface area contributed by atoms with Crippen LogP contribution in [0.15, 0.2) is 6.07 Å². The number of hydrogen-bond acceptors (Lipinski definition) is 3. The molecule has 2 heterocycles. The Balaban J connectivity index is 2.05. The molecule has 1 fully saturated rings. The summed E-state index contributed by atoms with van der Waals surface area (Å²) in [6.45, 7) is 3.73. The largest absolute Gasteiger partial charge is 0.377 e. The van der Waals surface area contributed by atoms with Crippen LogP contribution in [-0.2, 0) is 18.2 Å². The third kappa shape index (κ3) is 1.67. The standard InChI is InChI=1S/C9H15N3O/c1-3-7-4-9(12(2)11-7)10-8-5-13-6-8/h4,8,10H,3,5-6H2,1-2H3. The lowest BCUT2D eigenvalue weighted by Gasteiger charge is -2.27. The Morgan fingerprint density at radius 2 is 2.46 bits per heavy atom. The molecule has 72 valence electrons. The molecule has 0 aromatic carbocycles. The highest BCUT2D eigenvalue weighted by molar-refractivity contribution is 5.38. The van der Waals surface area contributed by atoms with Crippen LogP contribution in [0.3, 0.4) is 0 Å². The molecule has 0 atom stereocenters. The first kappa shape index (κ1) is 8.56. The minimum absolute atomic E-state index is 0.472. The molecule has 4 heteroatoms. The highest BCUT2D eigenvalue weighted by Crippen LogP contribution is 2.13. The number of anilines is 1. The summed E-state index contributed by atoms with van der Waals surface area (Å²) < 4.78 is 6.97. The summed E-state index contributed by atoms with van der Waals surface area (Å²) in [5, 5.41) is 7.73. The van der Waals surface area contributed by atoms with Crippen LogP contribution in [-0.4, -0.2) is 29.0 Å². The number of nitrogens with one attached hydrogen (secondary N) is 1. The Morgan fingerprint density at radius 3 is 2.92 bits per heavy atom. The summed E-state index contributed by atoms with van der Waals surface area (Å²) in [6.07, 6.45) is 0.983. The lowest BCUT2D eigenvalue weighted by molar-refractivity contribution is 0.0208. The summed E-state index contributed by atoms with van der Waals surface area (Å²) in [5.41, 5.74) is 1.13. The van der Waals surface area contributed by atoms with Gasteiger partial charge in [-0.3, -0.25) is 4.68 Å². The van der Waals surface area contributed by atoms with Gasteiger partial charge in [-0.25, -0.2) is 0 Å². The Kier molecular flexibility index (Phi) is 2.22. The van der Waals surface area contributed by atoms with Crippen molar-refractivity contribution in [2.24, 2.45) is 7.05 Å². The van der Waals surface area contributed by atoms with Crippen LogP contribution in [0.2, 0.25) is 0 Å². The summed E-state index contributed by atoms with van der Waals surface area (Å²) in [6, 6.07) is 2.57. The first-order valence-electron chi connectivity index (χ1n) is 4.66. The van der Waals surface area contributed by atoms with Crippen LogP contribution in [0.25, 0.3) is 0 Å². The van der Waals surface area contributed by atoms with Crippen LogP contribution >= 0.6 is 0 Å². The van der Waals surface area contributed by atoms with E-state index in [4.69, 9.17) is 4.74 Å². The topological polar surface area (TPSA) is 39.1 Å². The Labute approximate surface area is 77.9 Å². The molecule has 2 rings (SSSR count). The van der Waals surface area contributed by atoms with Gasteiger partial charge in [0.05, 0.1) is 24.9 Å². The predicted molar refractivity (Wildman–Crippen MR) is 50.8 cm³/mol. The molecule has 4 nitrogen and oxygen atoms in total. The van der Waals surface area contributed by atoms with Gasteiger partial charge in [-0.2, -0.15) is 5.10 Å². The molecule has 0 aliphatic carbocycles. The highest BCUT2D eigenvalue weighted by Gasteiger charge is 2.19. The quantitative estimate of drug-likeness (QED) is 0.749. The average Bonchev–Trinajstić information content (AvgIpc) is 2.39. The van der Waals surface area contributed by atoms with Gasteiger partial charge >= 0.3 is 0 Å². The number of aryl methyl sites for hydroxylation is 2. The Hall–Kier alpha value is -1.03. The highest BCUT2D eigenvalue weighted by atomic mass is 16.5. The first-order valence-corrected chi connectivity index (χ1v) is 4.66.